The molecular formula is C14H19NOS. The van der Waals surface area contributed by atoms with E-state index >= 15 is 0 Å². The molecule has 0 saturated heterocycles. The van der Waals surface area contributed by atoms with Gasteiger partial charge in [0.25, 0.3) is 0 Å². The number of hydrogen-bond donors (Lipinski definition) is 1. The van der Waals surface area contributed by atoms with E-state index in [0.29, 0.717) is 23.7 Å². The number of Topliss-reactive ketones (excluding diaryl/α,β-unsaturated/α-hetero) is 1. The van der Waals surface area contributed by atoms with Crippen LogP contribution < -0.4 is 5.73 Å². The number of hydrogen-bond acceptors (Lipinski definition) is 2. The molecule has 0 atom stereocenters. The highest BCUT2D eigenvalue weighted by atomic mass is 32.1. The summed E-state index contributed by atoms with van der Waals surface area (Å²) in [6.07, 6.45) is 1.93. The molecule has 0 aliphatic carbocycles. The molecule has 0 fully saturated rings. The number of thiocarbonyl (C=S) groups is 1. The van der Waals surface area contributed by atoms with Crippen LogP contribution in [0.1, 0.15) is 42.6 Å². The zero-order valence-corrected chi connectivity index (χ0v) is 11.2. The van der Waals surface area contributed by atoms with Gasteiger partial charge in [-0.25, -0.2) is 0 Å². The first-order valence-corrected chi connectivity index (χ1v) is 6.30. The van der Waals surface area contributed by atoms with Crippen LogP contribution in [0.4, 0.5) is 0 Å². The molecule has 0 bridgehead atoms. The van der Waals surface area contributed by atoms with Crippen molar-refractivity contribution in [3.05, 3.63) is 35.4 Å². The van der Waals surface area contributed by atoms with Gasteiger partial charge in [-0.15, -0.1) is 0 Å². The first-order valence-electron chi connectivity index (χ1n) is 5.89. The lowest BCUT2D eigenvalue weighted by Gasteiger charge is -2.06. The molecule has 0 heterocycles. The van der Waals surface area contributed by atoms with Crippen LogP contribution in [0.15, 0.2) is 24.3 Å². The number of carbonyl (C=O) groups is 1. The molecule has 2 N–H and O–H groups in total. The fraction of sp³-hybridized carbons (Fsp3) is 0.429. The minimum atomic E-state index is 0.105. The van der Waals surface area contributed by atoms with E-state index in [4.69, 9.17) is 18.0 Å². The Morgan fingerprint density at radius 3 is 2.29 bits per heavy atom. The van der Waals surface area contributed by atoms with Crippen molar-refractivity contribution in [2.24, 2.45) is 11.7 Å². The highest BCUT2D eigenvalue weighted by Gasteiger charge is 2.06. The first-order chi connectivity index (χ1) is 7.99. The second-order valence-corrected chi connectivity index (χ2v) is 5.21. The minimum absolute atomic E-state index is 0.105. The van der Waals surface area contributed by atoms with E-state index in [1.165, 1.54) is 5.56 Å². The predicted molar refractivity (Wildman–Crippen MR) is 75.3 cm³/mol. The second-order valence-electron chi connectivity index (χ2n) is 4.68. The summed E-state index contributed by atoms with van der Waals surface area (Å²) in [5, 5.41) is 0. The van der Waals surface area contributed by atoms with E-state index in [1.54, 1.807) is 0 Å². The van der Waals surface area contributed by atoms with Crippen LogP contribution in [0, 0.1) is 5.92 Å². The Morgan fingerprint density at radius 2 is 1.82 bits per heavy atom. The summed E-state index contributed by atoms with van der Waals surface area (Å²) < 4.78 is 0. The van der Waals surface area contributed by atoms with Crippen LogP contribution in [0.5, 0.6) is 0 Å². The smallest absolute Gasteiger partial charge is 0.163 e. The van der Waals surface area contributed by atoms with Crippen molar-refractivity contribution in [2.75, 3.05) is 0 Å². The van der Waals surface area contributed by atoms with Crippen molar-refractivity contribution in [1.29, 1.82) is 0 Å². The standard InChI is InChI=1S/C14H19NOS/c1-10(2)9-11-3-5-12(6-4-11)13(16)7-8-14(15)17/h3-6,10H,7-9H2,1-2H3,(H2,15,17). The van der Waals surface area contributed by atoms with Crippen LogP contribution >= 0.6 is 12.2 Å². The van der Waals surface area contributed by atoms with E-state index in [-0.39, 0.29) is 5.78 Å². The maximum absolute atomic E-state index is 11.8. The third-order valence-electron chi connectivity index (χ3n) is 2.52. The molecule has 0 unspecified atom stereocenters. The van der Waals surface area contributed by atoms with Gasteiger partial charge in [0.1, 0.15) is 0 Å². The monoisotopic (exact) mass is 249 g/mol. The summed E-state index contributed by atoms with van der Waals surface area (Å²) in [6.45, 7) is 4.36. The van der Waals surface area contributed by atoms with Crippen LogP contribution in [0.2, 0.25) is 0 Å². The van der Waals surface area contributed by atoms with Gasteiger partial charge in [-0.3, -0.25) is 4.79 Å². The van der Waals surface area contributed by atoms with Gasteiger partial charge < -0.3 is 5.73 Å². The molecule has 0 aliphatic rings. The number of nitrogens with two attached hydrogens (primary N) is 1. The van der Waals surface area contributed by atoms with Crippen LogP contribution in [0.25, 0.3) is 0 Å². The van der Waals surface area contributed by atoms with Crippen LogP contribution in [-0.2, 0) is 6.42 Å². The van der Waals surface area contributed by atoms with Gasteiger partial charge in [-0.2, -0.15) is 0 Å². The molecule has 92 valence electrons. The molecule has 0 aliphatic heterocycles. The molecule has 0 saturated carbocycles. The van der Waals surface area contributed by atoms with E-state index < -0.39 is 0 Å². The molecule has 1 aromatic carbocycles. The normalized spacial score (nSPS) is 10.5. The summed E-state index contributed by atoms with van der Waals surface area (Å²) in [4.78, 5) is 12.2. The highest BCUT2D eigenvalue weighted by molar-refractivity contribution is 7.80. The van der Waals surface area contributed by atoms with Gasteiger partial charge in [-0.05, 0) is 17.9 Å². The second kappa shape index (κ2) is 6.50. The summed E-state index contributed by atoms with van der Waals surface area (Å²) in [7, 11) is 0. The molecule has 0 spiro atoms. The fourth-order valence-corrected chi connectivity index (χ4v) is 1.78. The zero-order chi connectivity index (χ0) is 12.8. The lowest BCUT2D eigenvalue weighted by molar-refractivity contribution is 0.0985. The average molecular weight is 249 g/mol. The molecule has 0 amide bonds. The number of rotatable bonds is 6. The maximum atomic E-state index is 11.8. The van der Waals surface area contributed by atoms with Crippen molar-refractivity contribution in [2.45, 2.75) is 33.1 Å². The van der Waals surface area contributed by atoms with Gasteiger partial charge in [0, 0.05) is 18.4 Å². The molecule has 1 rings (SSSR count). The van der Waals surface area contributed by atoms with E-state index in [1.807, 2.05) is 24.3 Å². The largest absolute Gasteiger partial charge is 0.393 e. The zero-order valence-electron chi connectivity index (χ0n) is 10.4. The molecule has 0 radical (unpaired) electrons. The predicted octanol–water partition coefficient (Wildman–Crippen LogP) is 3.13. The van der Waals surface area contributed by atoms with Crippen molar-refractivity contribution >= 4 is 23.0 Å². The van der Waals surface area contributed by atoms with Crippen LogP contribution in [-0.4, -0.2) is 10.8 Å². The van der Waals surface area contributed by atoms with E-state index in [9.17, 15) is 4.79 Å². The van der Waals surface area contributed by atoms with Crippen molar-refractivity contribution < 1.29 is 4.79 Å². The molecule has 0 aromatic heterocycles. The van der Waals surface area contributed by atoms with Crippen molar-refractivity contribution in [3.63, 3.8) is 0 Å². The Bertz CT molecular complexity index is 395. The van der Waals surface area contributed by atoms with Crippen molar-refractivity contribution in [1.82, 2.24) is 0 Å². The lowest BCUT2D eigenvalue weighted by Crippen LogP contribution is -2.10. The molecule has 3 heteroatoms. The van der Waals surface area contributed by atoms with Crippen LogP contribution in [0.3, 0.4) is 0 Å². The van der Waals surface area contributed by atoms with Gasteiger partial charge in [0.15, 0.2) is 5.78 Å². The molecule has 17 heavy (non-hydrogen) atoms. The molecule has 1 aromatic rings. The number of ketones is 1. The molecule has 2 nitrogen and oxygen atoms in total. The van der Waals surface area contributed by atoms with E-state index in [2.05, 4.69) is 13.8 Å². The minimum Gasteiger partial charge on any atom is -0.393 e. The first kappa shape index (κ1) is 13.8. The summed E-state index contributed by atoms with van der Waals surface area (Å²) in [6, 6.07) is 7.82. The van der Waals surface area contributed by atoms with Gasteiger partial charge >= 0.3 is 0 Å². The Kier molecular flexibility index (Phi) is 5.29. The summed E-state index contributed by atoms with van der Waals surface area (Å²) >= 11 is 4.76. The van der Waals surface area contributed by atoms with Crippen molar-refractivity contribution in [3.8, 4) is 0 Å². The quantitative estimate of drug-likeness (QED) is 0.622. The Hall–Kier alpha value is -1.22. The third-order valence-corrected chi connectivity index (χ3v) is 2.72. The number of carbonyl (C=O) groups excluding carboxylic acids is 1. The highest BCUT2D eigenvalue weighted by Crippen LogP contribution is 2.11. The summed E-state index contributed by atoms with van der Waals surface area (Å²) in [5.41, 5.74) is 7.39. The van der Waals surface area contributed by atoms with Gasteiger partial charge in [0.05, 0.1) is 4.99 Å². The Labute approximate surface area is 108 Å². The maximum Gasteiger partial charge on any atom is 0.163 e. The lowest BCUT2D eigenvalue weighted by atomic mass is 9.99. The Morgan fingerprint density at radius 1 is 1.24 bits per heavy atom. The SMILES string of the molecule is CC(C)Cc1ccc(C(=O)CCC(N)=S)cc1. The Balaban J connectivity index is 2.60. The topological polar surface area (TPSA) is 43.1 Å². The summed E-state index contributed by atoms with van der Waals surface area (Å²) in [5.74, 6) is 0.736. The molecular weight excluding hydrogens is 230 g/mol. The number of benzene rings is 1. The average Bonchev–Trinajstić information content (AvgIpc) is 2.26. The fourth-order valence-electron chi connectivity index (χ4n) is 1.68. The third kappa shape index (κ3) is 5.09. The van der Waals surface area contributed by atoms with Gasteiger partial charge in [0.2, 0.25) is 0 Å². The van der Waals surface area contributed by atoms with E-state index in [0.717, 1.165) is 12.0 Å². The van der Waals surface area contributed by atoms with Gasteiger partial charge in [-0.1, -0.05) is 50.3 Å².